The smallest absolute Gasteiger partial charge is 0.230 e. The van der Waals surface area contributed by atoms with Crippen molar-refractivity contribution in [3.8, 4) is 22.6 Å². The maximum absolute atomic E-state index is 13.6. The van der Waals surface area contributed by atoms with E-state index in [0.717, 1.165) is 44.2 Å². The van der Waals surface area contributed by atoms with Crippen LogP contribution in [0.5, 0.6) is 0 Å². The number of carbonyl (C=O) groups is 1. The van der Waals surface area contributed by atoms with Crippen LogP contribution in [0.25, 0.3) is 22.6 Å². The Morgan fingerprint density at radius 3 is 2.55 bits per heavy atom. The number of halogens is 1. The lowest BCUT2D eigenvalue weighted by atomic mass is 9.89. The lowest BCUT2D eigenvalue weighted by Crippen LogP contribution is -2.51. The Kier molecular flexibility index (Phi) is 7.99. The van der Waals surface area contributed by atoms with E-state index in [1.165, 1.54) is 18.6 Å². The molecule has 1 aliphatic carbocycles. The molecule has 5 rings (SSSR count). The largest absolute Gasteiger partial charge is 0.354 e. The average Bonchev–Trinajstić information content (AvgIpc) is 3.39. The molecule has 1 aromatic carbocycles. The number of amides is 1. The SMILES string of the molecule is CCCNc1nccc(-c2[nH]c(C3OCC(C)(C(=O)NC4CCCCC4)CO3)nc2-c2ccc(F)cc2)n1. The molecule has 1 saturated heterocycles. The van der Waals surface area contributed by atoms with E-state index in [2.05, 4.69) is 32.5 Å². The van der Waals surface area contributed by atoms with E-state index in [4.69, 9.17) is 14.5 Å². The number of anilines is 1. The fourth-order valence-electron chi connectivity index (χ4n) is 4.83. The van der Waals surface area contributed by atoms with Crippen molar-refractivity contribution in [2.75, 3.05) is 25.1 Å². The monoisotopic (exact) mass is 522 g/mol. The number of H-pyrrole nitrogens is 1. The van der Waals surface area contributed by atoms with Gasteiger partial charge in [0.15, 0.2) is 5.82 Å². The number of hydrogen-bond donors (Lipinski definition) is 3. The molecule has 10 heteroatoms. The molecule has 0 radical (unpaired) electrons. The topological polar surface area (TPSA) is 114 Å². The first-order valence-corrected chi connectivity index (χ1v) is 13.4. The predicted molar refractivity (Wildman–Crippen MR) is 142 cm³/mol. The van der Waals surface area contributed by atoms with Crippen molar-refractivity contribution in [1.29, 1.82) is 0 Å². The molecule has 2 aliphatic rings. The first-order valence-electron chi connectivity index (χ1n) is 13.4. The number of carbonyl (C=O) groups excluding carboxylic acids is 1. The minimum absolute atomic E-state index is 0.0388. The molecular weight excluding hydrogens is 487 g/mol. The normalized spacial score (nSPS) is 22.2. The van der Waals surface area contributed by atoms with Crippen molar-refractivity contribution in [2.24, 2.45) is 5.41 Å². The Bertz CT molecular complexity index is 1230. The number of benzene rings is 1. The first kappa shape index (κ1) is 26.2. The predicted octanol–water partition coefficient (Wildman–Crippen LogP) is 5.00. The van der Waals surface area contributed by atoms with E-state index in [1.807, 2.05) is 6.92 Å². The van der Waals surface area contributed by atoms with Gasteiger partial charge in [0.2, 0.25) is 18.1 Å². The van der Waals surface area contributed by atoms with Crippen LogP contribution >= 0.6 is 0 Å². The van der Waals surface area contributed by atoms with E-state index in [0.29, 0.717) is 28.9 Å². The summed E-state index contributed by atoms with van der Waals surface area (Å²) in [5, 5.41) is 6.39. The van der Waals surface area contributed by atoms with Crippen LogP contribution in [0.2, 0.25) is 0 Å². The molecule has 202 valence electrons. The highest BCUT2D eigenvalue weighted by atomic mass is 19.1. The second kappa shape index (κ2) is 11.6. The molecule has 3 aromatic rings. The summed E-state index contributed by atoms with van der Waals surface area (Å²) in [7, 11) is 0. The maximum Gasteiger partial charge on any atom is 0.230 e. The van der Waals surface area contributed by atoms with Crippen LogP contribution in [0.3, 0.4) is 0 Å². The van der Waals surface area contributed by atoms with E-state index >= 15 is 0 Å². The summed E-state index contributed by atoms with van der Waals surface area (Å²) in [5.74, 6) is 0.596. The summed E-state index contributed by atoms with van der Waals surface area (Å²) >= 11 is 0. The van der Waals surface area contributed by atoms with Crippen molar-refractivity contribution >= 4 is 11.9 Å². The van der Waals surface area contributed by atoms with Crippen LogP contribution in [-0.2, 0) is 14.3 Å². The van der Waals surface area contributed by atoms with Crippen molar-refractivity contribution < 1.29 is 18.7 Å². The highest BCUT2D eigenvalue weighted by molar-refractivity contribution is 5.83. The number of rotatable bonds is 8. The molecule has 0 bridgehead atoms. The lowest BCUT2D eigenvalue weighted by molar-refractivity contribution is -0.231. The molecule has 0 atom stereocenters. The Morgan fingerprint density at radius 1 is 1.11 bits per heavy atom. The van der Waals surface area contributed by atoms with Gasteiger partial charge in [0.25, 0.3) is 0 Å². The van der Waals surface area contributed by atoms with Gasteiger partial charge in [0, 0.05) is 24.3 Å². The van der Waals surface area contributed by atoms with Crippen LogP contribution < -0.4 is 10.6 Å². The number of hydrogen-bond acceptors (Lipinski definition) is 7. The Hall–Kier alpha value is -3.37. The summed E-state index contributed by atoms with van der Waals surface area (Å²) in [4.78, 5) is 30.1. The van der Waals surface area contributed by atoms with Crippen molar-refractivity contribution in [1.82, 2.24) is 25.3 Å². The van der Waals surface area contributed by atoms with Gasteiger partial charge < -0.3 is 25.1 Å². The zero-order chi connectivity index (χ0) is 26.5. The summed E-state index contributed by atoms with van der Waals surface area (Å²) < 4.78 is 25.7. The van der Waals surface area contributed by atoms with Gasteiger partial charge in [-0.25, -0.2) is 19.3 Å². The fraction of sp³-hybridized carbons (Fsp3) is 0.500. The molecule has 3 N–H and O–H groups in total. The van der Waals surface area contributed by atoms with Gasteiger partial charge in [-0.05, 0) is 56.5 Å². The molecule has 0 unspecified atom stereocenters. The van der Waals surface area contributed by atoms with Gasteiger partial charge in [-0.1, -0.05) is 26.2 Å². The standard InChI is InChI=1S/C28H35FN6O3/c1-3-14-30-27-31-15-13-21(33-27)23-22(18-9-11-19(29)12-10-18)34-24(35-23)25-37-16-28(2,17-38-25)26(36)32-20-7-5-4-6-8-20/h9-13,15,20,25H,3-8,14,16-17H2,1-2H3,(H,32,36)(H,34,35)(H,30,31,33). The van der Waals surface area contributed by atoms with Crippen LogP contribution in [0.15, 0.2) is 36.5 Å². The van der Waals surface area contributed by atoms with Crippen LogP contribution in [0.1, 0.15) is 64.5 Å². The highest BCUT2D eigenvalue weighted by Gasteiger charge is 2.41. The zero-order valence-corrected chi connectivity index (χ0v) is 21.9. The number of aromatic amines is 1. The summed E-state index contributed by atoms with van der Waals surface area (Å²) in [5.41, 5.74) is 1.80. The van der Waals surface area contributed by atoms with Gasteiger partial charge in [-0.15, -0.1) is 0 Å². The Balaban J connectivity index is 1.37. The Morgan fingerprint density at radius 2 is 1.84 bits per heavy atom. The molecule has 9 nitrogen and oxygen atoms in total. The number of imidazole rings is 1. The van der Waals surface area contributed by atoms with Gasteiger partial charge in [-0.3, -0.25) is 4.79 Å². The molecule has 3 heterocycles. The molecule has 1 saturated carbocycles. The van der Waals surface area contributed by atoms with Crippen molar-refractivity contribution in [2.45, 2.75) is 64.7 Å². The number of aromatic nitrogens is 4. The third-order valence-corrected chi connectivity index (χ3v) is 7.10. The minimum Gasteiger partial charge on any atom is -0.354 e. The van der Waals surface area contributed by atoms with Gasteiger partial charge >= 0.3 is 0 Å². The van der Waals surface area contributed by atoms with Gasteiger partial charge in [0.05, 0.1) is 35.7 Å². The second-order valence-corrected chi connectivity index (χ2v) is 10.4. The third-order valence-electron chi connectivity index (χ3n) is 7.10. The molecule has 1 amide bonds. The molecule has 0 spiro atoms. The number of nitrogens with one attached hydrogen (secondary N) is 3. The molecule has 2 fully saturated rings. The fourth-order valence-corrected chi connectivity index (χ4v) is 4.83. The van der Waals surface area contributed by atoms with E-state index < -0.39 is 11.7 Å². The number of nitrogens with zero attached hydrogens (tertiary/aromatic N) is 3. The first-order chi connectivity index (χ1) is 18.4. The van der Waals surface area contributed by atoms with Crippen molar-refractivity contribution in [3.63, 3.8) is 0 Å². The summed E-state index contributed by atoms with van der Waals surface area (Å²) in [6, 6.07) is 8.14. The number of ether oxygens (including phenoxy) is 2. The minimum atomic E-state index is -0.782. The average molecular weight is 523 g/mol. The van der Waals surface area contributed by atoms with Crippen LogP contribution in [-0.4, -0.2) is 51.6 Å². The van der Waals surface area contributed by atoms with Crippen LogP contribution in [0, 0.1) is 11.2 Å². The van der Waals surface area contributed by atoms with E-state index in [9.17, 15) is 9.18 Å². The second-order valence-electron chi connectivity index (χ2n) is 10.4. The van der Waals surface area contributed by atoms with Crippen LogP contribution in [0.4, 0.5) is 10.3 Å². The van der Waals surface area contributed by atoms with Gasteiger partial charge in [0.1, 0.15) is 5.82 Å². The highest BCUT2D eigenvalue weighted by Crippen LogP contribution is 2.36. The lowest BCUT2D eigenvalue weighted by Gasteiger charge is -2.37. The van der Waals surface area contributed by atoms with Crippen molar-refractivity contribution in [3.05, 3.63) is 48.2 Å². The maximum atomic E-state index is 13.6. The molecule has 2 aromatic heterocycles. The van der Waals surface area contributed by atoms with Gasteiger partial charge in [-0.2, -0.15) is 0 Å². The molecule has 1 aliphatic heterocycles. The molecule has 38 heavy (non-hydrogen) atoms. The summed E-state index contributed by atoms with van der Waals surface area (Å²) in [6.07, 6.45) is 7.41. The Labute approximate surface area is 222 Å². The summed E-state index contributed by atoms with van der Waals surface area (Å²) in [6.45, 7) is 5.09. The quantitative estimate of drug-likeness (QED) is 0.382. The third kappa shape index (κ3) is 5.86. The molecular formula is C28H35FN6O3. The van der Waals surface area contributed by atoms with E-state index in [1.54, 1.807) is 24.4 Å². The van der Waals surface area contributed by atoms with E-state index in [-0.39, 0.29) is 31.0 Å². The zero-order valence-electron chi connectivity index (χ0n) is 21.9.